The van der Waals surface area contributed by atoms with Gasteiger partial charge in [-0.15, -0.1) is 0 Å². The molecule has 0 aromatic carbocycles. The zero-order valence-electron chi connectivity index (χ0n) is 13.2. The first-order valence-electron chi connectivity index (χ1n) is 7.31. The maximum Gasteiger partial charge on any atom is 0.0775 e. The first kappa shape index (κ1) is 17.9. The normalized spacial score (nSPS) is 15.7. The van der Waals surface area contributed by atoms with E-state index in [-0.39, 0.29) is 11.5 Å². The molecule has 18 heavy (non-hydrogen) atoms. The maximum absolute atomic E-state index is 5.99. The third kappa shape index (κ3) is 7.34. The molecule has 0 bridgehead atoms. The fourth-order valence-electron chi connectivity index (χ4n) is 2.29. The summed E-state index contributed by atoms with van der Waals surface area (Å²) in [5, 5.41) is 3.64. The standard InChI is InChI=1S/C15H33NO2/c1-7-11-16-13(10-9-12-17-6)14(18-8-2)15(3,4)5/h13-14,16H,7-12H2,1-6H3. The molecule has 0 amide bonds. The van der Waals surface area contributed by atoms with E-state index < -0.39 is 0 Å². The highest BCUT2D eigenvalue weighted by molar-refractivity contribution is 4.86. The summed E-state index contributed by atoms with van der Waals surface area (Å²) in [6.45, 7) is 13.7. The number of nitrogens with one attached hydrogen (secondary N) is 1. The van der Waals surface area contributed by atoms with Crippen LogP contribution in [0.3, 0.4) is 0 Å². The second-order valence-corrected chi connectivity index (χ2v) is 5.94. The number of methoxy groups -OCH3 is 1. The van der Waals surface area contributed by atoms with Crippen molar-refractivity contribution in [3.8, 4) is 0 Å². The Morgan fingerprint density at radius 1 is 1.17 bits per heavy atom. The van der Waals surface area contributed by atoms with E-state index in [2.05, 4.69) is 39.9 Å². The van der Waals surface area contributed by atoms with Gasteiger partial charge in [-0.3, -0.25) is 0 Å². The third-order valence-corrected chi connectivity index (χ3v) is 3.09. The molecular weight excluding hydrogens is 226 g/mol. The predicted octanol–water partition coefficient (Wildman–Crippen LogP) is 3.23. The number of ether oxygens (including phenoxy) is 2. The van der Waals surface area contributed by atoms with E-state index in [1.54, 1.807) is 7.11 Å². The van der Waals surface area contributed by atoms with Gasteiger partial charge in [0.2, 0.25) is 0 Å². The quantitative estimate of drug-likeness (QED) is 0.611. The van der Waals surface area contributed by atoms with Crippen LogP contribution in [0.5, 0.6) is 0 Å². The molecule has 0 radical (unpaired) electrons. The SMILES string of the molecule is CCCNC(CCCOC)C(OCC)C(C)(C)C. The van der Waals surface area contributed by atoms with Gasteiger partial charge >= 0.3 is 0 Å². The highest BCUT2D eigenvalue weighted by atomic mass is 16.5. The van der Waals surface area contributed by atoms with E-state index in [0.717, 1.165) is 39.0 Å². The zero-order chi connectivity index (χ0) is 14.0. The van der Waals surface area contributed by atoms with Crippen molar-refractivity contribution in [2.75, 3.05) is 26.9 Å². The highest BCUT2D eigenvalue weighted by Crippen LogP contribution is 2.27. The fourth-order valence-corrected chi connectivity index (χ4v) is 2.29. The molecule has 0 rings (SSSR count). The van der Waals surface area contributed by atoms with E-state index in [9.17, 15) is 0 Å². The lowest BCUT2D eigenvalue weighted by atomic mass is 9.83. The summed E-state index contributed by atoms with van der Waals surface area (Å²) in [6, 6.07) is 0.417. The van der Waals surface area contributed by atoms with Crippen molar-refractivity contribution in [1.82, 2.24) is 5.32 Å². The number of hydrogen-bond acceptors (Lipinski definition) is 3. The molecule has 1 N–H and O–H groups in total. The summed E-state index contributed by atoms with van der Waals surface area (Å²) >= 11 is 0. The van der Waals surface area contributed by atoms with Crippen LogP contribution in [0.1, 0.15) is 53.9 Å². The van der Waals surface area contributed by atoms with Gasteiger partial charge in [-0.25, -0.2) is 0 Å². The van der Waals surface area contributed by atoms with Crippen molar-refractivity contribution in [3.63, 3.8) is 0 Å². The van der Waals surface area contributed by atoms with E-state index >= 15 is 0 Å². The lowest BCUT2D eigenvalue weighted by Gasteiger charge is -2.37. The van der Waals surface area contributed by atoms with Crippen LogP contribution in [0.25, 0.3) is 0 Å². The van der Waals surface area contributed by atoms with Gasteiger partial charge in [0.1, 0.15) is 0 Å². The van der Waals surface area contributed by atoms with Crippen molar-refractivity contribution in [3.05, 3.63) is 0 Å². The van der Waals surface area contributed by atoms with Gasteiger partial charge in [-0.2, -0.15) is 0 Å². The lowest BCUT2D eigenvalue weighted by molar-refractivity contribution is -0.0386. The average molecular weight is 259 g/mol. The Balaban J connectivity index is 4.52. The molecule has 0 heterocycles. The van der Waals surface area contributed by atoms with Crippen molar-refractivity contribution in [2.45, 2.75) is 66.0 Å². The second-order valence-electron chi connectivity index (χ2n) is 5.94. The smallest absolute Gasteiger partial charge is 0.0775 e. The molecule has 3 nitrogen and oxygen atoms in total. The number of rotatable bonds is 10. The van der Waals surface area contributed by atoms with Crippen LogP contribution in [0.2, 0.25) is 0 Å². The largest absolute Gasteiger partial charge is 0.385 e. The Kier molecular flexibility index (Phi) is 9.70. The van der Waals surface area contributed by atoms with Crippen LogP contribution >= 0.6 is 0 Å². The molecule has 2 unspecified atom stereocenters. The molecule has 0 aliphatic carbocycles. The zero-order valence-corrected chi connectivity index (χ0v) is 13.2. The third-order valence-electron chi connectivity index (χ3n) is 3.09. The van der Waals surface area contributed by atoms with Crippen molar-refractivity contribution >= 4 is 0 Å². The Morgan fingerprint density at radius 2 is 1.83 bits per heavy atom. The molecule has 0 aromatic heterocycles. The minimum atomic E-state index is 0.161. The monoisotopic (exact) mass is 259 g/mol. The lowest BCUT2D eigenvalue weighted by Crippen LogP contribution is -2.48. The minimum absolute atomic E-state index is 0.161. The molecule has 0 saturated heterocycles. The summed E-state index contributed by atoms with van der Waals surface area (Å²) in [5.74, 6) is 0. The summed E-state index contributed by atoms with van der Waals surface area (Å²) < 4.78 is 11.1. The molecule has 0 aliphatic rings. The Morgan fingerprint density at radius 3 is 2.28 bits per heavy atom. The van der Waals surface area contributed by atoms with Gasteiger partial charge in [0.05, 0.1) is 6.10 Å². The van der Waals surface area contributed by atoms with Crippen molar-refractivity contribution in [1.29, 1.82) is 0 Å². The van der Waals surface area contributed by atoms with Crippen molar-refractivity contribution in [2.24, 2.45) is 5.41 Å². The molecule has 0 saturated carbocycles. The van der Waals surface area contributed by atoms with E-state index in [1.807, 2.05) is 0 Å². The Hall–Kier alpha value is -0.120. The minimum Gasteiger partial charge on any atom is -0.385 e. The fraction of sp³-hybridized carbons (Fsp3) is 1.00. The molecule has 0 spiro atoms. The summed E-state index contributed by atoms with van der Waals surface area (Å²) in [4.78, 5) is 0. The van der Waals surface area contributed by atoms with Crippen LogP contribution in [0.4, 0.5) is 0 Å². The molecule has 110 valence electrons. The molecule has 2 atom stereocenters. The first-order valence-corrected chi connectivity index (χ1v) is 7.31. The van der Waals surface area contributed by atoms with Crippen LogP contribution in [0.15, 0.2) is 0 Å². The number of hydrogen-bond donors (Lipinski definition) is 1. The highest BCUT2D eigenvalue weighted by Gasteiger charge is 2.32. The second kappa shape index (κ2) is 9.76. The van der Waals surface area contributed by atoms with E-state index in [1.165, 1.54) is 0 Å². The van der Waals surface area contributed by atoms with Crippen LogP contribution in [-0.2, 0) is 9.47 Å². The Bertz CT molecular complexity index is 189. The predicted molar refractivity (Wildman–Crippen MR) is 78.1 cm³/mol. The van der Waals surface area contributed by atoms with E-state index in [4.69, 9.17) is 9.47 Å². The van der Waals surface area contributed by atoms with Gasteiger partial charge in [0.15, 0.2) is 0 Å². The van der Waals surface area contributed by atoms with Crippen LogP contribution < -0.4 is 5.32 Å². The summed E-state index contributed by atoms with van der Waals surface area (Å²) in [5.41, 5.74) is 0.161. The Labute approximate surface area is 114 Å². The van der Waals surface area contributed by atoms with E-state index in [0.29, 0.717) is 6.04 Å². The molecular formula is C15H33NO2. The summed E-state index contributed by atoms with van der Waals surface area (Å²) in [6.07, 6.45) is 3.60. The van der Waals surface area contributed by atoms with Gasteiger partial charge in [0, 0.05) is 26.4 Å². The van der Waals surface area contributed by atoms with Gasteiger partial charge in [-0.1, -0.05) is 27.7 Å². The van der Waals surface area contributed by atoms with Crippen molar-refractivity contribution < 1.29 is 9.47 Å². The summed E-state index contributed by atoms with van der Waals surface area (Å²) in [7, 11) is 1.76. The van der Waals surface area contributed by atoms with Gasteiger partial charge < -0.3 is 14.8 Å². The van der Waals surface area contributed by atoms with Crippen LogP contribution in [0, 0.1) is 5.41 Å². The molecule has 0 aromatic rings. The molecule has 3 heteroatoms. The van der Waals surface area contributed by atoms with Gasteiger partial charge in [-0.05, 0) is 38.1 Å². The topological polar surface area (TPSA) is 30.5 Å². The first-order chi connectivity index (χ1) is 8.47. The molecule has 0 fully saturated rings. The van der Waals surface area contributed by atoms with Crippen LogP contribution in [-0.4, -0.2) is 39.0 Å². The average Bonchev–Trinajstić information content (AvgIpc) is 2.30. The van der Waals surface area contributed by atoms with Gasteiger partial charge in [0.25, 0.3) is 0 Å². The maximum atomic E-state index is 5.99. The molecule has 0 aliphatic heterocycles.